The fourth-order valence-electron chi connectivity index (χ4n) is 1.84. The Balaban J connectivity index is 1.85. The molecule has 17 heavy (non-hydrogen) atoms. The first-order chi connectivity index (χ1) is 8.33. The molecule has 0 atom stereocenters. The number of anilines is 1. The molecule has 1 aliphatic rings. The number of nitrogens with zero attached hydrogens (tertiary/aromatic N) is 3. The third-order valence-electron chi connectivity index (χ3n) is 2.80. The van der Waals surface area contributed by atoms with Gasteiger partial charge in [0.1, 0.15) is 11.6 Å². The van der Waals surface area contributed by atoms with Gasteiger partial charge in [0.25, 0.3) is 0 Å². The lowest BCUT2D eigenvalue weighted by Crippen LogP contribution is -2.25. The fourth-order valence-corrected chi connectivity index (χ4v) is 1.98. The van der Waals surface area contributed by atoms with Crippen LogP contribution in [0.1, 0.15) is 18.6 Å². The minimum absolute atomic E-state index is 0.285. The number of halogens is 1. The topological polar surface area (TPSA) is 42.2 Å². The molecule has 0 saturated heterocycles. The molecule has 0 aliphatic heterocycles. The normalized spacial score (nSPS) is 14.9. The average Bonchev–Trinajstić information content (AvgIpc) is 3.03. The van der Waals surface area contributed by atoms with Crippen LogP contribution in [0.25, 0.3) is 0 Å². The van der Waals surface area contributed by atoms with Crippen LogP contribution < -0.4 is 4.90 Å². The quantitative estimate of drug-likeness (QED) is 0.782. The van der Waals surface area contributed by atoms with E-state index in [1.807, 2.05) is 18.2 Å². The van der Waals surface area contributed by atoms with Crippen molar-refractivity contribution in [3.63, 3.8) is 0 Å². The lowest BCUT2D eigenvalue weighted by molar-refractivity contribution is 0.500. The Hall–Kier alpha value is -1.55. The van der Waals surface area contributed by atoms with Crippen LogP contribution in [0.15, 0.2) is 35.1 Å². The zero-order chi connectivity index (χ0) is 11.7. The lowest BCUT2D eigenvalue weighted by Gasteiger charge is -2.22. The number of furan rings is 1. The van der Waals surface area contributed by atoms with Gasteiger partial charge in [0.15, 0.2) is 0 Å². The van der Waals surface area contributed by atoms with Gasteiger partial charge in [-0.25, -0.2) is 9.97 Å². The molecule has 88 valence electrons. The molecule has 3 rings (SSSR count). The summed E-state index contributed by atoms with van der Waals surface area (Å²) in [5, 5.41) is 0.285. The predicted molar refractivity (Wildman–Crippen MR) is 65.0 cm³/mol. The van der Waals surface area contributed by atoms with E-state index in [1.165, 1.54) is 12.8 Å². The monoisotopic (exact) mass is 249 g/mol. The van der Waals surface area contributed by atoms with Gasteiger partial charge >= 0.3 is 0 Å². The SMILES string of the molecule is Clc1nccc(N(Cc2ccco2)C2CC2)n1. The summed E-state index contributed by atoms with van der Waals surface area (Å²) in [6.45, 7) is 0.727. The molecule has 0 spiro atoms. The average molecular weight is 250 g/mol. The summed E-state index contributed by atoms with van der Waals surface area (Å²) in [5.74, 6) is 1.80. The minimum Gasteiger partial charge on any atom is -0.467 e. The van der Waals surface area contributed by atoms with Gasteiger partial charge in [0, 0.05) is 12.2 Å². The van der Waals surface area contributed by atoms with Crippen molar-refractivity contribution in [2.45, 2.75) is 25.4 Å². The first-order valence-corrected chi connectivity index (χ1v) is 5.98. The van der Waals surface area contributed by atoms with Gasteiger partial charge in [0.05, 0.1) is 12.8 Å². The lowest BCUT2D eigenvalue weighted by atomic mass is 10.3. The van der Waals surface area contributed by atoms with Crippen molar-refractivity contribution in [2.75, 3.05) is 4.90 Å². The van der Waals surface area contributed by atoms with Crippen LogP contribution in [0, 0.1) is 0 Å². The Morgan fingerprint density at radius 2 is 2.29 bits per heavy atom. The Bertz CT molecular complexity index is 496. The highest BCUT2D eigenvalue weighted by molar-refractivity contribution is 6.28. The second-order valence-corrected chi connectivity index (χ2v) is 4.46. The van der Waals surface area contributed by atoms with E-state index in [4.69, 9.17) is 16.0 Å². The minimum atomic E-state index is 0.285. The van der Waals surface area contributed by atoms with Crippen LogP contribution in [0.4, 0.5) is 5.82 Å². The molecule has 0 amide bonds. The van der Waals surface area contributed by atoms with Crippen molar-refractivity contribution in [2.24, 2.45) is 0 Å². The molecule has 2 aromatic rings. The first-order valence-electron chi connectivity index (χ1n) is 5.60. The maximum Gasteiger partial charge on any atom is 0.224 e. The standard InChI is InChI=1S/C12H12ClN3O/c13-12-14-6-5-11(15-12)16(9-3-4-9)8-10-2-1-7-17-10/h1-2,5-7,9H,3-4,8H2. The Labute approximate surface area is 104 Å². The summed E-state index contributed by atoms with van der Waals surface area (Å²) in [7, 11) is 0. The molecule has 2 aromatic heterocycles. The smallest absolute Gasteiger partial charge is 0.224 e. The highest BCUT2D eigenvalue weighted by Gasteiger charge is 2.30. The van der Waals surface area contributed by atoms with Crippen molar-refractivity contribution < 1.29 is 4.42 Å². The predicted octanol–water partition coefficient (Wildman–Crippen LogP) is 2.89. The zero-order valence-electron chi connectivity index (χ0n) is 9.21. The Morgan fingerprint density at radius 3 is 2.94 bits per heavy atom. The molecule has 0 N–H and O–H groups in total. The van der Waals surface area contributed by atoms with Crippen molar-refractivity contribution in [3.8, 4) is 0 Å². The van der Waals surface area contributed by atoms with E-state index >= 15 is 0 Å². The van der Waals surface area contributed by atoms with E-state index in [0.717, 1.165) is 18.1 Å². The van der Waals surface area contributed by atoms with Crippen molar-refractivity contribution in [3.05, 3.63) is 41.7 Å². The molecule has 1 saturated carbocycles. The molecule has 0 bridgehead atoms. The van der Waals surface area contributed by atoms with Crippen molar-refractivity contribution >= 4 is 17.4 Å². The highest BCUT2D eigenvalue weighted by atomic mass is 35.5. The third-order valence-corrected chi connectivity index (χ3v) is 2.98. The van der Waals surface area contributed by atoms with Crippen molar-refractivity contribution in [1.82, 2.24) is 9.97 Å². The first kappa shape index (κ1) is 10.6. The Kier molecular flexibility index (Phi) is 2.73. The molecule has 1 aliphatic carbocycles. The second-order valence-electron chi connectivity index (χ2n) is 4.12. The maximum absolute atomic E-state index is 5.82. The number of hydrogen-bond acceptors (Lipinski definition) is 4. The number of hydrogen-bond donors (Lipinski definition) is 0. The summed E-state index contributed by atoms with van der Waals surface area (Å²) in [6, 6.07) is 6.30. The number of aromatic nitrogens is 2. The molecule has 0 radical (unpaired) electrons. The fraction of sp³-hybridized carbons (Fsp3) is 0.333. The molecule has 4 nitrogen and oxygen atoms in total. The van der Waals surface area contributed by atoms with E-state index in [2.05, 4.69) is 14.9 Å². The van der Waals surface area contributed by atoms with E-state index in [0.29, 0.717) is 6.04 Å². The maximum atomic E-state index is 5.82. The van der Waals surface area contributed by atoms with Gasteiger partial charge in [-0.3, -0.25) is 0 Å². The molecule has 0 aromatic carbocycles. The number of rotatable bonds is 4. The third kappa shape index (κ3) is 2.42. The summed E-state index contributed by atoms with van der Waals surface area (Å²) in [4.78, 5) is 10.4. The van der Waals surface area contributed by atoms with Crippen molar-refractivity contribution in [1.29, 1.82) is 0 Å². The molecule has 5 heteroatoms. The summed E-state index contributed by atoms with van der Waals surface area (Å²) >= 11 is 5.82. The van der Waals surface area contributed by atoms with Crippen LogP contribution in [0.2, 0.25) is 5.28 Å². The van der Waals surface area contributed by atoms with Gasteiger partial charge in [-0.2, -0.15) is 0 Å². The van der Waals surface area contributed by atoms with Crippen LogP contribution in [-0.2, 0) is 6.54 Å². The van der Waals surface area contributed by atoms with Crippen LogP contribution in [-0.4, -0.2) is 16.0 Å². The van der Waals surface area contributed by atoms with Crippen LogP contribution in [0.3, 0.4) is 0 Å². The second kappa shape index (κ2) is 4.37. The van der Waals surface area contributed by atoms with Gasteiger partial charge in [-0.05, 0) is 42.6 Å². The van der Waals surface area contributed by atoms with Gasteiger partial charge in [-0.1, -0.05) is 0 Å². The van der Waals surface area contributed by atoms with Gasteiger partial charge in [-0.15, -0.1) is 0 Å². The van der Waals surface area contributed by atoms with E-state index in [-0.39, 0.29) is 5.28 Å². The summed E-state index contributed by atoms with van der Waals surface area (Å²) in [5.41, 5.74) is 0. The van der Waals surface area contributed by atoms with E-state index in [9.17, 15) is 0 Å². The van der Waals surface area contributed by atoms with Gasteiger partial charge < -0.3 is 9.32 Å². The molecular weight excluding hydrogens is 238 g/mol. The van der Waals surface area contributed by atoms with Gasteiger partial charge in [0.2, 0.25) is 5.28 Å². The molecule has 1 fully saturated rings. The largest absolute Gasteiger partial charge is 0.467 e. The molecular formula is C12H12ClN3O. The Morgan fingerprint density at radius 1 is 1.41 bits per heavy atom. The summed E-state index contributed by atoms with van der Waals surface area (Å²) < 4.78 is 5.38. The molecule has 0 unspecified atom stereocenters. The van der Waals surface area contributed by atoms with Crippen LogP contribution in [0.5, 0.6) is 0 Å². The van der Waals surface area contributed by atoms with E-state index in [1.54, 1.807) is 12.5 Å². The van der Waals surface area contributed by atoms with Crippen LogP contribution >= 0.6 is 11.6 Å². The zero-order valence-corrected chi connectivity index (χ0v) is 9.97. The molecule has 2 heterocycles. The highest BCUT2D eigenvalue weighted by Crippen LogP contribution is 2.32. The van der Waals surface area contributed by atoms with E-state index < -0.39 is 0 Å². The summed E-state index contributed by atoms with van der Waals surface area (Å²) in [6.07, 6.45) is 5.76.